The number of amides is 1. The van der Waals surface area contributed by atoms with Crippen molar-refractivity contribution in [2.24, 2.45) is 0 Å². The lowest BCUT2D eigenvalue weighted by molar-refractivity contribution is -0.191. The number of pyridine rings is 2. The average molecular weight is 714 g/mol. The predicted molar refractivity (Wildman–Crippen MR) is 196 cm³/mol. The second-order valence-electron chi connectivity index (χ2n) is 13.5. The van der Waals surface area contributed by atoms with E-state index >= 15 is 0 Å². The number of alkyl carbamates (subject to hydrolysis) is 1. The van der Waals surface area contributed by atoms with Gasteiger partial charge in [0, 0.05) is 50.7 Å². The quantitative estimate of drug-likeness (QED) is 0.113. The van der Waals surface area contributed by atoms with Crippen LogP contribution in [0.4, 0.5) is 15.0 Å². The summed E-state index contributed by atoms with van der Waals surface area (Å²) in [5.74, 6) is 0.713. The molecule has 0 atom stereocenters. The lowest BCUT2D eigenvalue weighted by atomic mass is 9.98. The van der Waals surface area contributed by atoms with Crippen LogP contribution >= 0.6 is 0 Å². The molecule has 2 aromatic heterocycles. The number of nitrogens with zero attached hydrogens (tertiary/aromatic N) is 4. The first kappa shape index (κ1) is 39.6. The van der Waals surface area contributed by atoms with Crippen molar-refractivity contribution in [3.63, 3.8) is 0 Å². The fourth-order valence-electron chi connectivity index (χ4n) is 6.07. The number of piperazine rings is 1. The Kier molecular flexibility index (Phi) is 14.8. The Balaban J connectivity index is 0.00000195. The third-order valence-electron chi connectivity index (χ3n) is 8.60. The summed E-state index contributed by atoms with van der Waals surface area (Å²) >= 11 is 0. The van der Waals surface area contributed by atoms with E-state index in [-0.39, 0.29) is 42.6 Å². The molecular formula is C40H48FN5O6. The van der Waals surface area contributed by atoms with Crippen molar-refractivity contribution in [2.45, 2.75) is 72.0 Å². The first-order valence-electron chi connectivity index (χ1n) is 17.7. The highest BCUT2D eigenvalue weighted by Crippen LogP contribution is 2.35. The number of halogens is 1. The molecule has 52 heavy (non-hydrogen) atoms. The Labute approximate surface area is 304 Å². The Bertz CT molecular complexity index is 1820. The van der Waals surface area contributed by atoms with Gasteiger partial charge in [-0.05, 0) is 94.0 Å². The highest BCUT2D eigenvalue weighted by atomic mass is 19.1. The second-order valence-corrected chi connectivity index (χ2v) is 13.5. The molecule has 1 saturated heterocycles. The molecule has 0 aliphatic carbocycles. The number of hydrogen-bond donors (Lipinski definition) is 1. The number of anilines is 1. The minimum Gasteiger partial charge on any atom is -0.484 e. The molecule has 1 aliphatic heterocycles. The lowest BCUT2D eigenvalue weighted by Gasteiger charge is -2.36. The zero-order valence-corrected chi connectivity index (χ0v) is 30.5. The third kappa shape index (κ3) is 11.7. The highest BCUT2D eigenvalue weighted by molar-refractivity contribution is 6.05. The van der Waals surface area contributed by atoms with Crippen molar-refractivity contribution >= 4 is 34.7 Å². The number of carbonyl (C=O) groups excluding carboxylic acids is 4. The van der Waals surface area contributed by atoms with Crippen LogP contribution in [0.25, 0.3) is 10.9 Å². The van der Waals surface area contributed by atoms with E-state index in [2.05, 4.69) is 15.1 Å². The van der Waals surface area contributed by atoms with E-state index < -0.39 is 5.60 Å². The minimum absolute atomic E-state index is 0.137. The molecule has 12 heteroatoms. The van der Waals surface area contributed by atoms with E-state index in [4.69, 9.17) is 29.0 Å². The molecule has 276 valence electrons. The molecule has 0 unspecified atom stereocenters. The van der Waals surface area contributed by atoms with Crippen LogP contribution in [0.3, 0.4) is 0 Å². The molecule has 5 rings (SSSR count). The number of ether oxygens (including phenoxy) is 2. The van der Waals surface area contributed by atoms with E-state index in [1.807, 2.05) is 70.2 Å². The fourth-order valence-corrected chi connectivity index (χ4v) is 6.07. The maximum absolute atomic E-state index is 14.0. The van der Waals surface area contributed by atoms with Crippen LogP contribution in [0.5, 0.6) is 5.75 Å². The molecule has 0 spiro atoms. The first-order valence-corrected chi connectivity index (χ1v) is 17.7. The van der Waals surface area contributed by atoms with Gasteiger partial charge in [-0.1, -0.05) is 43.3 Å². The van der Waals surface area contributed by atoms with Gasteiger partial charge in [0.1, 0.15) is 29.4 Å². The van der Waals surface area contributed by atoms with E-state index in [0.717, 1.165) is 73.5 Å². The van der Waals surface area contributed by atoms with Crippen molar-refractivity contribution < 1.29 is 33.0 Å². The maximum atomic E-state index is 14.0. The molecule has 3 heterocycles. The van der Waals surface area contributed by atoms with Gasteiger partial charge in [-0.15, -0.1) is 0 Å². The summed E-state index contributed by atoms with van der Waals surface area (Å²) in [6, 6.07) is 18.5. The number of hydrogen-bond acceptors (Lipinski definition) is 10. The van der Waals surface area contributed by atoms with Gasteiger partial charge in [0.05, 0.1) is 0 Å². The molecule has 0 radical (unpaired) electrons. The van der Waals surface area contributed by atoms with Crippen LogP contribution < -0.4 is 15.0 Å². The molecule has 0 bridgehead atoms. The minimum atomic E-state index is -0.508. The topological polar surface area (TPSA) is 131 Å². The molecule has 2 aromatic carbocycles. The number of carbonyl (C=O) groups is 2. The summed E-state index contributed by atoms with van der Waals surface area (Å²) in [6.45, 7) is 12.5. The van der Waals surface area contributed by atoms with Gasteiger partial charge in [-0.2, -0.15) is 9.59 Å². The number of Topliss-reactive ketones (excluding diaryl/α,β-unsaturated/α-hetero) is 1. The van der Waals surface area contributed by atoms with Crippen molar-refractivity contribution in [3.05, 3.63) is 95.1 Å². The lowest BCUT2D eigenvalue weighted by Crippen LogP contribution is -2.47. The zero-order chi connectivity index (χ0) is 37.5. The van der Waals surface area contributed by atoms with E-state index in [0.29, 0.717) is 30.7 Å². The Morgan fingerprint density at radius 2 is 1.69 bits per heavy atom. The van der Waals surface area contributed by atoms with E-state index in [1.165, 1.54) is 6.07 Å². The van der Waals surface area contributed by atoms with Gasteiger partial charge >= 0.3 is 12.2 Å². The summed E-state index contributed by atoms with van der Waals surface area (Å²) < 4.78 is 25.6. The number of unbranched alkanes of at least 4 members (excludes halogenated alkanes) is 1. The van der Waals surface area contributed by atoms with Gasteiger partial charge in [0.15, 0.2) is 17.2 Å². The van der Waals surface area contributed by atoms with Crippen molar-refractivity contribution in [3.8, 4) is 5.75 Å². The first-order chi connectivity index (χ1) is 25.0. The predicted octanol–water partition coefficient (Wildman–Crippen LogP) is 6.57. The second kappa shape index (κ2) is 19.4. The summed E-state index contributed by atoms with van der Waals surface area (Å²) in [4.78, 5) is 56.6. The summed E-state index contributed by atoms with van der Waals surface area (Å²) in [7, 11) is 0. The third-order valence-corrected chi connectivity index (χ3v) is 8.60. The van der Waals surface area contributed by atoms with Crippen LogP contribution in [0.2, 0.25) is 0 Å². The van der Waals surface area contributed by atoms with Crippen molar-refractivity contribution in [1.82, 2.24) is 20.2 Å². The number of benzene rings is 2. The Hall–Kier alpha value is -5.19. The number of fused-ring (bicyclic) bond motifs is 1. The van der Waals surface area contributed by atoms with Gasteiger partial charge in [-0.25, -0.2) is 14.2 Å². The van der Waals surface area contributed by atoms with Crippen LogP contribution in [0.15, 0.2) is 66.9 Å². The largest absolute Gasteiger partial charge is 0.484 e. The Morgan fingerprint density at radius 3 is 2.38 bits per heavy atom. The number of rotatable bonds is 14. The van der Waals surface area contributed by atoms with E-state index in [1.54, 1.807) is 18.3 Å². The van der Waals surface area contributed by atoms with Crippen LogP contribution in [-0.2, 0) is 33.8 Å². The SMILES string of the molecule is CCc1cc(F)ccc1CCC(=O)c1nc(N2CCN(CCCCNC(=O)OC(C)(C)C)CC2)c2cccnc2c1OCc1ccccc1.O=C=O. The summed E-state index contributed by atoms with van der Waals surface area (Å²) in [5, 5.41) is 3.67. The molecule has 4 aromatic rings. The van der Waals surface area contributed by atoms with Gasteiger partial charge in [0.2, 0.25) is 0 Å². The normalized spacial score (nSPS) is 13.1. The average Bonchev–Trinajstić information content (AvgIpc) is 3.13. The standard InChI is InChI=1S/C39H48FN5O4.CO2/c1-5-29-26-31(40)17-15-30(29)16-18-33(46)35-36(48-27-28-12-7-6-8-13-28)34-32(14-11-20-41-34)37(43-35)45-24-22-44(23-25-45)21-10-9-19-42-38(47)49-39(2,3)4;2-1-3/h6-8,11-15,17,20,26H,5,9-10,16,18-19,21-25,27H2,1-4H3,(H,42,47);. The van der Waals surface area contributed by atoms with E-state index in [9.17, 15) is 14.0 Å². The van der Waals surface area contributed by atoms with Crippen LogP contribution in [-0.4, -0.2) is 77.8 Å². The van der Waals surface area contributed by atoms with Gasteiger partial charge < -0.3 is 19.7 Å². The van der Waals surface area contributed by atoms with Crippen LogP contribution in [0, 0.1) is 5.82 Å². The van der Waals surface area contributed by atoms with Crippen molar-refractivity contribution in [2.75, 3.05) is 44.2 Å². The number of nitrogens with one attached hydrogen (secondary N) is 1. The summed E-state index contributed by atoms with van der Waals surface area (Å²) in [6.07, 6.45) is 4.78. The van der Waals surface area contributed by atoms with Gasteiger partial charge in [-0.3, -0.25) is 14.7 Å². The van der Waals surface area contributed by atoms with Crippen molar-refractivity contribution in [1.29, 1.82) is 0 Å². The monoisotopic (exact) mass is 713 g/mol. The Morgan fingerprint density at radius 1 is 0.962 bits per heavy atom. The molecule has 11 nitrogen and oxygen atoms in total. The molecular weight excluding hydrogens is 665 g/mol. The van der Waals surface area contributed by atoms with Gasteiger partial charge in [0.25, 0.3) is 0 Å². The molecule has 1 aliphatic rings. The molecule has 1 amide bonds. The highest BCUT2D eigenvalue weighted by Gasteiger charge is 2.26. The maximum Gasteiger partial charge on any atom is 0.407 e. The summed E-state index contributed by atoms with van der Waals surface area (Å²) in [5.41, 5.74) is 3.22. The zero-order valence-electron chi connectivity index (χ0n) is 30.5. The molecule has 0 saturated carbocycles. The molecule has 1 fully saturated rings. The number of aryl methyl sites for hydroxylation is 2. The van der Waals surface area contributed by atoms with Crippen LogP contribution in [0.1, 0.15) is 74.1 Å². The number of ketones is 1. The number of aromatic nitrogens is 2. The smallest absolute Gasteiger partial charge is 0.407 e. The molecule has 1 N–H and O–H groups in total. The fraction of sp³-hybridized carbons (Fsp3) is 0.425.